The Morgan fingerprint density at radius 1 is 1.19 bits per heavy atom. The smallest absolute Gasteiger partial charge is 0.129 e. The molecule has 0 fully saturated rings. The van der Waals surface area contributed by atoms with Crippen LogP contribution in [0.1, 0.15) is 5.56 Å². The van der Waals surface area contributed by atoms with Crippen molar-refractivity contribution in [1.82, 2.24) is 9.55 Å². The first kappa shape index (κ1) is 13.6. The lowest BCUT2D eigenvalue weighted by atomic mass is 10.2. The van der Waals surface area contributed by atoms with Crippen LogP contribution in [0.15, 0.2) is 61.2 Å². The molecule has 0 radical (unpaired) electrons. The largest absolute Gasteiger partial charge is 0.381 e. The van der Waals surface area contributed by atoms with Gasteiger partial charge in [-0.15, -0.1) is 0 Å². The molecule has 3 nitrogen and oxygen atoms in total. The number of aromatic nitrogens is 2. The lowest BCUT2D eigenvalue weighted by molar-refractivity contribution is 0.613. The number of imidazole rings is 1. The molecule has 3 aromatic rings. The summed E-state index contributed by atoms with van der Waals surface area (Å²) in [4.78, 5) is 4.02. The number of nitrogens with zero attached hydrogens (tertiary/aromatic N) is 2. The van der Waals surface area contributed by atoms with E-state index >= 15 is 0 Å². The Morgan fingerprint density at radius 3 is 2.86 bits per heavy atom. The van der Waals surface area contributed by atoms with Gasteiger partial charge in [-0.2, -0.15) is 0 Å². The summed E-state index contributed by atoms with van der Waals surface area (Å²) in [6.07, 6.45) is 5.33. The molecule has 106 valence electrons. The fourth-order valence-corrected chi connectivity index (χ4v) is 2.21. The summed E-state index contributed by atoms with van der Waals surface area (Å²) < 4.78 is 15.6. The summed E-state index contributed by atoms with van der Waals surface area (Å²) in [6, 6.07) is 12.5. The van der Waals surface area contributed by atoms with E-state index in [0.29, 0.717) is 17.1 Å². The summed E-state index contributed by atoms with van der Waals surface area (Å²) in [5, 5.41) is 3.61. The molecule has 0 unspecified atom stereocenters. The number of hydrogen-bond acceptors (Lipinski definition) is 2. The van der Waals surface area contributed by atoms with Crippen LogP contribution in [0, 0.1) is 5.82 Å². The molecule has 1 aromatic heterocycles. The van der Waals surface area contributed by atoms with E-state index in [0.717, 1.165) is 11.4 Å². The highest BCUT2D eigenvalue weighted by Crippen LogP contribution is 2.18. The lowest BCUT2D eigenvalue weighted by Crippen LogP contribution is -2.02. The van der Waals surface area contributed by atoms with Gasteiger partial charge in [-0.1, -0.05) is 23.7 Å². The van der Waals surface area contributed by atoms with E-state index in [-0.39, 0.29) is 5.82 Å². The van der Waals surface area contributed by atoms with Crippen LogP contribution < -0.4 is 5.32 Å². The fourth-order valence-electron chi connectivity index (χ4n) is 2.05. The summed E-state index contributed by atoms with van der Waals surface area (Å²) in [6.45, 7) is 0.399. The molecule has 3 rings (SSSR count). The summed E-state index contributed by atoms with van der Waals surface area (Å²) in [7, 11) is 0. The van der Waals surface area contributed by atoms with Crippen molar-refractivity contribution in [2.24, 2.45) is 0 Å². The van der Waals surface area contributed by atoms with Crippen LogP contribution in [0.2, 0.25) is 5.02 Å². The number of anilines is 1. The highest BCUT2D eigenvalue weighted by molar-refractivity contribution is 6.30. The first-order chi connectivity index (χ1) is 10.2. The zero-order valence-electron chi connectivity index (χ0n) is 11.1. The molecule has 5 heteroatoms. The van der Waals surface area contributed by atoms with E-state index in [1.165, 1.54) is 6.07 Å². The molecule has 0 aliphatic heterocycles. The Bertz CT molecular complexity index is 741. The second-order valence-corrected chi connectivity index (χ2v) is 5.05. The van der Waals surface area contributed by atoms with Gasteiger partial charge in [0.2, 0.25) is 0 Å². The third kappa shape index (κ3) is 3.23. The van der Waals surface area contributed by atoms with Crippen molar-refractivity contribution in [2.75, 3.05) is 5.32 Å². The van der Waals surface area contributed by atoms with Gasteiger partial charge in [0.1, 0.15) is 5.82 Å². The SMILES string of the molecule is Fc1cc(Cl)ccc1CNc1cccc(-n2ccnc2)c1. The lowest BCUT2D eigenvalue weighted by Gasteiger charge is -2.10. The highest BCUT2D eigenvalue weighted by atomic mass is 35.5. The first-order valence-corrected chi connectivity index (χ1v) is 6.86. The van der Waals surface area contributed by atoms with Crippen LogP contribution in [0.3, 0.4) is 0 Å². The minimum absolute atomic E-state index is 0.305. The number of halogens is 2. The Morgan fingerprint density at radius 2 is 2.10 bits per heavy atom. The molecule has 0 spiro atoms. The molecule has 1 N–H and O–H groups in total. The summed E-state index contributed by atoms with van der Waals surface area (Å²) in [5.41, 5.74) is 2.48. The first-order valence-electron chi connectivity index (χ1n) is 6.48. The maximum atomic E-state index is 13.7. The predicted molar refractivity (Wildman–Crippen MR) is 82.3 cm³/mol. The van der Waals surface area contributed by atoms with Gasteiger partial charge in [0.05, 0.1) is 6.33 Å². The molecule has 0 saturated carbocycles. The Hall–Kier alpha value is -2.33. The van der Waals surface area contributed by atoms with Crippen LogP contribution in [0.25, 0.3) is 5.69 Å². The Labute approximate surface area is 127 Å². The third-order valence-electron chi connectivity index (χ3n) is 3.15. The molecular weight excluding hydrogens is 289 g/mol. The zero-order chi connectivity index (χ0) is 14.7. The van der Waals surface area contributed by atoms with Gasteiger partial charge in [0, 0.05) is 40.9 Å². The standard InChI is InChI=1S/C16H13ClFN3/c17-13-5-4-12(16(18)8-13)10-20-14-2-1-3-15(9-14)21-7-6-19-11-21/h1-9,11,20H,10H2. The van der Waals surface area contributed by atoms with Gasteiger partial charge in [0.25, 0.3) is 0 Å². The van der Waals surface area contributed by atoms with Gasteiger partial charge in [-0.25, -0.2) is 9.37 Å². The molecule has 0 amide bonds. The van der Waals surface area contributed by atoms with E-state index in [9.17, 15) is 4.39 Å². The Kier molecular flexibility index (Phi) is 3.88. The third-order valence-corrected chi connectivity index (χ3v) is 3.38. The number of hydrogen-bond donors (Lipinski definition) is 1. The summed E-state index contributed by atoms with van der Waals surface area (Å²) >= 11 is 5.74. The summed E-state index contributed by atoms with van der Waals surface area (Å²) in [5.74, 6) is -0.305. The topological polar surface area (TPSA) is 29.9 Å². The number of nitrogens with one attached hydrogen (secondary N) is 1. The predicted octanol–water partition coefficient (Wildman–Crippen LogP) is 4.28. The van der Waals surface area contributed by atoms with Crippen LogP contribution in [-0.2, 0) is 6.54 Å². The molecule has 0 bridgehead atoms. The monoisotopic (exact) mass is 301 g/mol. The van der Waals surface area contributed by atoms with E-state index in [1.807, 2.05) is 35.0 Å². The van der Waals surface area contributed by atoms with Crippen LogP contribution >= 0.6 is 11.6 Å². The van der Waals surface area contributed by atoms with E-state index in [4.69, 9.17) is 11.6 Å². The van der Waals surface area contributed by atoms with Gasteiger partial charge < -0.3 is 9.88 Å². The molecule has 0 atom stereocenters. The maximum absolute atomic E-state index is 13.7. The second kappa shape index (κ2) is 5.97. The van der Waals surface area contributed by atoms with E-state index < -0.39 is 0 Å². The van der Waals surface area contributed by atoms with Crippen molar-refractivity contribution in [3.05, 3.63) is 77.6 Å². The maximum Gasteiger partial charge on any atom is 0.129 e. The van der Waals surface area contributed by atoms with Crippen LogP contribution in [0.5, 0.6) is 0 Å². The average molecular weight is 302 g/mol. The number of rotatable bonds is 4. The minimum atomic E-state index is -0.305. The van der Waals surface area contributed by atoms with Gasteiger partial charge >= 0.3 is 0 Å². The zero-order valence-corrected chi connectivity index (χ0v) is 11.9. The Balaban J connectivity index is 1.75. The van der Waals surface area contributed by atoms with Crippen molar-refractivity contribution in [3.8, 4) is 5.69 Å². The van der Waals surface area contributed by atoms with Gasteiger partial charge in [-0.3, -0.25) is 0 Å². The molecule has 21 heavy (non-hydrogen) atoms. The van der Waals surface area contributed by atoms with Crippen molar-refractivity contribution >= 4 is 17.3 Å². The normalized spacial score (nSPS) is 10.6. The molecule has 2 aromatic carbocycles. The molecular formula is C16H13ClFN3. The van der Waals surface area contributed by atoms with Crippen molar-refractivity contribution in [3.63, 3.8) is 0 Å². The number of benzene rings is 2. The quantitative estimate of drug-likeness (QED) is 0.779. The molecule has 0 saturated heterocycles. The van der Waals surface area contributed by atoms with E-state index in [1.54, 1.807) is 24.7 Å². The van der Waals surface area contributed by atoms with Gasteiger partial charge in [-0.05, 0) is 30.3 Å². The molecule has 1 heterocycles. The minimum Gasteiger partial charge on any atom is -0.381 e. The average Bonchev–Trinajstić information content (AvgIpc) is 3.01. The van der Waals surface area contributed by atoms with Gasteiger partial charge in [0.15, 0.2) is 0 Å². The second-order valence-electron chi connectivity index (χ2n) is 4.61. The highest BCUT2D eigenvalue weighted by Gasteiger charge is 2.03. The fraction of sp³-hybridized carbons (Fsp3) is 0.0625. The van der Waals surface area contributed by atoms with E-state index in [2.05, 4.69) is 10.3 Å². The molecule has 0 aliphatic carbocycles. The van der Waals surface area contributed by atoms with Crippen LogP contribution in [-0.4, -0.2) is 9.55 Å². The van der Waals surface area contributed by atoms with Crippen molar-refractivity contribution in [1.29, 1.82) is 0 Å². The van der Waals surface area contributed by atoms with Crippen LogP contribution in [0.4, 0.5) is 10.1 Å². The van der Waals surface area contributed by atoms with Crippen molar-refractivity contribution < 1.29 is 4.39 Å². The molecule has 0 aliphatic rings. The van der Waals surface area contributed by atoms with Crippen molar-refractivity contribution in [2.45, 2.75) is 6.54 Å².